The quantitative estimate of drug-likeness (QED) is 0.0130. The van der Waals surface area contributed by atoms with E-state index in [0.29, 0.717) is 44.3 Å². The molecule has 1 aliphatic heterocycles. The lowest BCUT2D eigenvalue weighted by atomic mass is 10.1. The van der Waals surface area contributed by atoms with Gasteiger partial charge in [0.1, 0.15) is 41.9 Å². The fourth-order valence-electron chi connectivity index (χ4n) is 7.58. The Labute approximate surface area is 434 Å². The molecule has 0 bridgehead atoms. The minimum atomic E-state index is -1.58. The number of amides is 9. The highest BCUT2D eigenvalue weighted by atomic mass is 16.4. The van der Waals surface area contributed by atoms with Gasteiger partial charge in [0.2, 0.25) is 53.2 Å². The number of aliphatic imine (C=N–C) groups is 1. The number of aliphatic carboxylic acids is 1. The fourth-order valence-corrected chi connectivity index (χ4v) is 7.58. The highest BCUT2D eigenvalue weighted by molar-refractivity contribution is 5.99. The molecule has 2 rings (SSSR count). The number of aliphatic hydroxyl groups is 1. The number of hydrogen-bond donors (Lipinski definition) is 17. The molecule has 420 valence electrons. The van der Waals surface area contributed by atoms with Crippen LogP contribution in [0.4, 0.5) is 0 Å². The number of unbranched alkanes of at least 4 members (excludes halogenated alkanes) is 2. The molecule has 0 aromatic carbocycles. The highest BCUT2D eigenvalue weighted by Gasteiger charge is 2.40. The van der Waals surface area contributed by atoms with Gasteiger partial charge in [-0.1, -0.05) is 12.5 Å². The van der Waals surface area contributed by atoms with Crippen LogP contribution in [0.25, 0.3) is 0 Å². The van der Waals surface area contributed by atoms with Crippen molar-refractivity contribution in [3.8, 4) is 0 Å². The van der Waals surface area contributed by atoms with Gasteiger partial charge in [-0.15, -0.1) is 0 Å². The Morgan fingerprint density at radius 1 is 0.827 bits per heavy atom. The van der Waals surface area contributed by atoms with Crippen molar-refractivity contribution in [3.05, 3.63) is 30.0 Å². The zero-order valence-corrected chi connectivity index (χ0v) is 42.6. The number of hydrogen-bond acceptors (Lipinski definition) is 17. The second kappa shape index (κ2) is 34.3. The van der Waals surface area contributed by atoms with Crippen molar-refractivity contribution in [3.63, 3.8) is 0 Å². The molecule has 8 atom stereocenters. The van der Waals surface area contributed by atoms with E-state index in [1.54, 1.807) is 0 Å². The normalized spacial score (nSPS) is 16.1. The standard InChI is InChI=1S/C45H78N18O12/c1-25(57-42(72)36(34(65)21-48)62-38(68)28(49)10-3-5-15-46)37(67)55-23-35(66)58-30(12-7-17-53-26(2)64)43(73)63-19-9-14-33(63)41(71)61-32(20-27-22-52-24-56-27)40(70)59-29(11-4-6-16-47)39(69)60-31(44(74)75)13-8-18-54-45(50)51/h13,22,24-25,28-30,32-34,36,65H,3-12,14-21,23,46-49H2,1-2H3,(H,52,56)(H,53,64)(H,55,67)(H,57,72)(H,58,66)(H,59,70)(H,60,69)(H,61,71)(H,62,68)(H,74,75)(H4,50,51,54)/b31-13-/t25-,28-,29-,30+,32-,33-,34-,36-/m0/s1. The van der Waals surface area contributed by atoms with E-state index in [1.165, 1.54) is 37.3 Å². The summed E-state index contributed by atoms with van der Waals surface area (Å²) < 4.78 is 0. The number of H-pyrrole nitrogens is 1. The largest absolute Gasteiger partial charge is 0.477 e. The van der Waals surface area contributed by atoms with E-state index < -0.39 is 120 Å². The van der Waals surface area contributed by atoms with E-state index >= 15 is 0 Å². The molecule has 0 aliphatic carbocycles. The van der Waals surface area contributed by atoms with E-state index in [-0.39, 0.29) is 83.0 Å². The number of carbonyl (C=O) groups excluding carboxylic acids is 9. The molecule has 1 fully saturated rings. The Bertz CT molecular complexity index is 2120. The first-order valence-corrected chi connectivity index (χ1v) is 24.8. The van der Waals surface area contributed by atoms with E-state index in [1.807, 2.05) is 0 Å². The summed E-state index contributed by atoms with van der Waals surface area (Å²) in [6.07, 6.45) is 5.22. The molecule has 9 amide bonds. The lowest BCUT2D eigenvalue weighted by Gasteiger charge is -2.30. The number of carboxylic acids is 1. The Kier molecular flexibility index (Phi) is 29.2. The van der Waals surface area contributed by atoms with Gasteiger partial charge in [0.05, 0.1) is 25.0 Å². The lowest BCUT2D eigenvalue weighted by Crippen LogP contribution is -2.60. The summed E-state index contributed by atoms with van der Waals surface area (Å²) in [5.74, 6) is -8.56. The SMILES string of the molecule is CC(=O)NCCC[C@@H](NC(=O)CNC(=O)[C@H](C)NC(=O)[C@@H](NC(=O)[C@@H](N)CCCCN)[C@@H](O)CN)C(=O)N1CCC[C@H]1C(=O)N[C@@H](Cc1cnc[nH]1)C(=O)N[C@@H](CCCCN)C(=O)N/C(=C\CCN=C(N)N)C(=O)O. The minimum absolute atomic E-state index is 0.0309. The fraction of sp³-hybridized carbons (Fsp3) is 0.644. The highest BCUT2D eigenvalue weighted by Crippen LogP contribution is 2.20. The average molecular weight is 1060 g/mol. The molecule has 1 aromatic heterocycles. The maximum absolute atomic E-state index is 14.3. The predicted octanol–water partition coefficient (Wildman–Crippen LogP) is -6.93. The number of carbonyl (C=O) groups is 10. The maximum Gasteiger partial charge on any atom is 0.352 e. The van der Waals surface area contributed by atoms with Crippen LogP contribution in [-0.2, 0) is 54.4 Å². The van der Waals surface area contributed by atoms with Crippen molar-refractivity contribution in [1.29, 1.82) is 0 Å². The summed E-state index contributed by atoms with van der Waals surface area (Å²) in [5.41, 5.74) is 33.3. The van der Waals surface area contributed by atoms with Gasteiger partial charge in [0.15, 0.2) is 5.96 Å². The molecule has 2 heterocycles. The summed E-state index contributed by atoms with van der Waals surface area (Å²) in [7, 11) is 0. The van der Waals surface area contributed by atoms with Crippen LogP contribution in [0.15, 0.2) is 29.3 Å². The Morgan fingerprint density at radius 3 is 2.12 bits per heavy atom. The van der Waals surface area contributed by atoms with Crippen LogP contribution in [0.3, 0.4) is 0 Å². The Balaban J connectivity index is 2.26. The second-order valence-electron chi connectivity index (χ2n) is 17.8. The number of likely N-dealkylation sites (tertiary alicyclic amines) is 1. The summed E-state index contributed by atoms with van der Waals surface area (Å²) in [6.45, 7) is 2.33. The van der Waals surface area contributed by atoms with Crippen LogP contribution in [0.2, 0.25) is 0 Å². The third-order valence-corrected chi connectivity index (χ3v) is 11.7. The number of nitrogens with zero attached hydrogens (tertiary/aromatic N) is 3. The Hall–Kier alpha value is -7.28. The number of aromatic nitrogens is 2. The van der Waals surface area contributed by atoms with E-state index in [9.17, 15) is 58.2 Å². The van der Waals surface area contributed by atoms with Crippen LogP contribution < -0.4 is 76.9 Å². The first kappa shape index (κ1) is 63.8. The predicted molar refractivity (Wildman–Crippen MR) is 271 cm³/mol. The number of aromatic amines is 1. The van der Waals surface area contributed by atoms with Crippen LogP contribution in [-0.4, -0.2) is 184 Å². The lowest BCUT2D eigenvalue weighted by molar-refractivity contribution is -0.142. The number of guanidine groups is 1. The van der Waals surface area contributed by atoms with Gasteiger partial charge in [-0.2, -0.15) is 0 Å². The van der Waals surface area contributed by atoms with Crippen LogP contribution in [0.5, 0.6) is 0 Å². The summed E-state index contributed by atoms with van der Waals surface area (Å²) in [5, 5.41) is 40.1. The molecule has 0 radical (unpaired) electrons. The van der Waals surface area contributed by atoms with Crippen molar-refractivity contribution >= 4 is 65.1 Å². The third-order valence-electron chi connectivity index (χ3n) is 11.7. The van der Waals surface area contributed by atoms with Gasteiger partial charge >= 0.3 is 5.97 Å². The number of rotatable bonds is 35. The molecule has 0 unspecified atom stereocenters. The smallest absolute Gasteiger partial charge is 0.352 e. The number of nitrogens with one attached hydrogen (secondary N) is 9. The number of aliphatic hydroxyl groups excluding tert-OH is 1. The molecule has 0 saturated carbocycles. The first-order chi connectivity index (χ1) is 35.6. The topological polar surface area (TPSA) is 508 Å². The molecule has 0 spiro atoms. The van der Waals surface area contributed by atoms with Crippen molar-refractivity contribution in [1.82, 2.24) is 57.4 Å². The summed E-state index contributed by atoms with van der Waals surface area (Å²) >= 11 is 0. The van der Waals surface area contributed by atoms with E-state index in [2.05, 4.69) is 57.5 Å². The zero-order chi connectivity index (χ0) is 56.0. The van der Waals surface area contributed by atoms with Crippen LogP contribution >= 0.6 is 0 Å². The molecular weight excluding hydrogens is 985 g/mol. The van der Waals surface area contributed by atoms with Crippen molar-refractivity contribution in [2.24, 2.45) is 39.4 Å². The first-order valence-electron chi connectivity index (χ1n) is 24.8. The molecule has 30 heteroatoms. The second-order valence-corrected chi connectivity index (χ2v) is 17.8. The van der Waals surface area contributed by atoms with Gasteiger partial charge in [-0.25, -0.2) is 9.78 Å². The van der Waals surface area contributed by atoms with Gasteiger partial charge < -0.3 is 97.0 Å². The van der Waals surface area contributed by atoms with Crippen molar-refractivity contribution in [2.45, 2.75) is 139 Å². The third kappa shape index (κ3) is 23.6. The van der Waals surface area contributed by atoms with E-state index in [0.717, 1.165) is 0 Å². The molecular formula is C45H78N18O12. The van der Waals surface area contributed by atoms with Gasteiger partial charge in [0, 0.05) is 51.4 Å². The molecule has 1 aliphatic rings. The monoisotopic (exact) mass is 1060 g/mol. The number of nitrogens with two attached hydrogens (primary N) is 6. The van der Waals surface area contributed by atoms with Gasteiger partial charge in [-0.3, -0.25) is 48.1 Å². The number of imidazole rings is 1. The molecule has 30 nitrogen and oxygen atoms in total. The minimum Gasteiger partial charge on any atom is -0.477 e. The van der Waals surface area contributed by atoms with Gasteiger partial charge in [-0.05, 0) is 84.2 Å². The van der Waals surface area contributed by atoms with Crippen molar-refractivity contribution < 1.29 is 58.2 Å². The van der Waals surface area contributed by atoms with Crippen molar-refractivity contribution in [2.75, 3.05) is 45.8 Å². The van der Waals surface area contributed by atoms with E-state index in [4.69, 9.17) is 34.4 Å². The molecule has 23 N–H and O–H groups in total. The van der Waals surface area contributed by atoms with Crippen LogP contribution in [0.1, 0.15) is 90.2 Å². The zero-order valence-electron chi connectivity index (χ0n) is 42.6. The molecule has 1 saturated heterocycles. The number of carboxylic acid groups (broad SMARTS) is 1. The summed E-state index contributed by atoms with van der Waals surface area (Å²) in [4.78, 5) is 144. The molecule has 1 aromatic rings. The molecule has 75 heavy (non-hydrogen) atoms. The Morgan fingerprint density at radius 2 is 1.51 bits per heavy atom. The van der Waals surface area contributed by atoms with Crippen LogP contribution in [0, 0.1) is 0 Å². The maximum atomic E-state index is 14.3. The average Bonchev–Trinajstić information content (AvgIpc) is 4.08. The van der Waals surface area contributed by atoms with Gasteiger partial charge in [0.25, 0.3) is 0 Å². The summed E-state index contributed by atoms with van der Waals surface area (Å²) in [6, 6.07) is -9.02.